The molecule has 1 aromatic heterocycles. The summed E-state index contributed by atoms with van der Waals surface area (Å²) in [5.74, 6) is 2.56. The van der Waals surface area contributed by atoms with Gasteiger partial charge in [-0.05, 0) is 35.2 Å². The quantitative estimate of drug-likeness (QED) is 0.639. The van der Waals surface area contributed by atoms with Gasteiger partial charge in [-0.3, -0.25) is 0 Å². The van der Waals surface area contributed by atoms with Crippen LogP contribution in [0.4, 0.5) is 5.82 Å². The molecule has 1 aliphatic rings. The Kier molecular flexibility index (Phi) is 4.16. The molecular weight excluding hydrogens is 266 g/mol. The average molecular weight is 284 g/mol. The monoisotopic (exact) mass is 283 g/mol. The van der Waals surface area contributed by atoms with Crippen LogP contribution in [0.25, 0.3) is 0 Å². The van der Waals surface area contributed by atoms with E-state index in [0.29, 0.717) is 5.92 Å². The highest BCUT2D eigenvalue weighted by Gasteiger charge is 2.27. The lowest BCUT2D eigenvalue weighted by Crippen LogP contribution is -2.05. The van der Waals surface area contributed by atoms with Gasteiger partial charge in [0.1, 0.15) is 16.2 Å². The summed E-state index contributed by atoms with van der Waals surface area (Å²) in [6, 6.07) is 1.96. The van der Waals surface area contributed by atoms with E-state index in [1.54, 1.807) is 0 Å². The lowest BCUT2D eigenvalue weighted by Gasteiger charge is -2.07. The summed E-state index contributed by atoms with van der Waals surface area (Å²) in [6.45, 7) is 3.22. The molecule has 2 rings (SSSR count). The highest BCUT2D eigenvalue weighted by Crippen LogP contribution is 2.38. The number of unbranched alkanes of at least 4 members (excludes halogenated alkanes) is 2. The van der Waals surface area contributed by atoms with Gasteiger partial charge in [0.2, 0.25) is 0 Å². The minimum atomic E-state index is 0.605. The molecule has 1 fully saturated rings. The molecule has 0 unspecified atom stereocenters. The van der Waals surface area contributed by atoms with Crippen LogP contribution in [0.3, 0.4) is 0 Å². The Balaban J connectivity index is 1.92. The Morgan fingerprint density at radius 1 is 1.38 bits per heavy atom. The highest BCUT2D eigenvalue weighted by atomic mass is 79.9. The number of nitrogens with one attached hydrogen (secondary N) is 1. The van der Waals surface area contributed by atoms with Crippen molar-refractivity contribution in [3.63, 3.8) is 0 Å². The summed E-state index contributed by atoms with van der Waals surface area (Å²) in [5, 5.41) is 3.36. The Bertz CT molecular complexity index is 350. The van der Waals surface area contributed by atoms with Crippen molar-refractivity contribution in [3.05, 3.63) is 16.5 Å². The molecule has 0 saturated heterocycles. The van der Waals surface area contributed by atoms with E-state index in [9.17, 15) is 0 Å². The van der Waals surface area contributed by atoms with Crippen LogP contribution < -0.4 is 5.32 Å². The van der Waals surface area contributed by atoms with Crippen LogP contribution in [0, 0.1) is 0 Å². The van der Waals surface area contributed by atoms with Gasteiger partial charge in [0, 0.05) is 18.5 Å². The topological polar surface area (TPSA) is 37.8 Å². The van der Waals surface area contributed by atoms with Crippen molar-refractivity contribution >= 4 is 21.7 Å². The molecule has 0 aliphatic heterocycles. The zero-order valence-corrected chi connectivity index (χ0v) is 11.3. The van der Waals surface area contributed by atoms with E-state index >= 15 is 0 Å². The predicted octanol–water partition coefficient (Wildman–Crippen LogP) is 3.72. The second-order valence-corrected chi connectivity index (χ2v) is 5.15. The van der Waals surface area contributed by atoms with Crippen LogP contribution in [0.15, 0.2) is 10.7 Å². The Morgan fingerprint density at radius 2 is 2.19 bits per heavy atom. The Morgan fingerprint density at radius 3 is 2.88 bits per heavy atom. The number of anilines is 1. The molecule has 0 radical (unpaired) electrons. The first kappa shape index (κ1) is 11.8. The van der Waals surface area contributed by atoms with Gasteiger partial charge in [0.25, 0.3) is 0 Å². The molecule has 1 N–H and O–H groups in total. The lowest BCUT2D eigenvalue weighted by atomic mass is 10.2. The number of aromatic nitrogens is 2. The van der Waals surface area contributed by atoms with E-state index in [-0.39, 0.29) is 0 Å². The first-order valence-electron chi connectivity index (χ1n) is 6.08. The second kappa shape index (κ2) is 5.62. The second-order valence-electron chi connectivity index (χ2n) is 4.34. The molecule has 1 aliphatic carbocycles. The first-order valence-corrected chi connectivity index (χ1v) is 6.87. The average Bonchev–Trinajstić information content (AvgIpc) is 3.07. The van der Waals surface area contributed by atoms with Crippen molar-refractivity contribution in [2.24, 2.45) is 0 Å². The van der Waals surface area contributed by atoms with E-state index in [2.05, 4.69) is 38.1 Å². The van der Waals surface area contributed by atoms with Crippen molar-refractivity contribution in [1.29, 1.82) is 0 Å². The molecule has 0 aromatic carbocycles. The Hall–Kier alpha value is -0.640. The SMILES string of the molecule is CCCCCNc1cc(Br)nc(C2CC2)n1. The third kappa shape index (κ3) is 3.44. The fourth-order valence-electron chi connectivity index (χ4n) is 1.64. The fraction of sp³-hybridized carbons (Fsp3) is 0.667. The van der Waals surface area contributed by atoms with Crippen LogP contribution in [0.2, 0.25) is 0 Å². The lowest BCUT2D eigenvalue weighted by molar-refractivity contribution is 0.741. The number of nitrogens with zero attached hydrogens (tertiary/aromatic N) is 2. The molecule has 3 nitrogen and oxygen atoms in total. The number of hydrogen-bond donors (Lipinski definition) is 1. The van der Waals surface area contributed by atoms with Gasteiger partial charge in [-0.2, -0.15) is 0 Å². The molecular formula is C12H18BrN3. The maximum absolute atomic E-state index is 4.54. The summed E-state index contributed by atoms with van der Waals surface area (Å²) in [4.78, 5) is 8.95. The van der Waals surface area contributed by atoms with Crippen molar-refractivity contribution < 1.29 is 0 Å². The predicted molar refractivity (Wildman–Crippen MR) is 69.7 cm³/mol. The molecule has 0 amide bonds. The number of hydrogen-bond acceptors (Lipinski definition) is 3. The van der Waals surface area contributed by atoms with Crippen molar-refractivity contribution in [3.8, 4) is 0 Å². The fourth-order valence-corrected chi connectivity index (χ4v) is 2.04. The van der Waals surface area contributed by atoms with Crippen LogP contribution in [-0.4, -0.2) is 16.5 Å². The van der Waals surface area contributed by atoms with Crippen molar-refractivity contribution in [1.82, 2.24) is 9.97 Å². The van der Waals surface area contributed by atoms with E-state index in [4.69, 9.17) is 0 Å². The summed E-state index contributed by atoms with van der Waals surface area (Å²) in [7, 11) is 0. The number of rotatable bonds is 6. The van der Waals surface area contributed by atoms with Gasteiger partial charge in [-0.1, -0.05) is 19.8 Å². The van der Waals surface area contributed by atoms with Crippen LogP contribution >= 0.6 is 15.9 Å². The van der Waals surface area contributed by atoms with E-state index in [1.165, 1.54) is 32.1 Å². The molecule has 0 atom stereocenters. The zero-order chi connectivity index (χ0) is 11.4. The third-order valence-electron chi connectivity index (χ3n) is 2.74. The van der Waals surface area contributed by atoms with Crippen molar-refractivity contribution in [2.45, 2.75) is 44.9 Å². The highest BCUT2D eigenvalue weighted by molar-refractivity contribution is 9.10. The minimum absolute atomic E-state index is 0.605. The van der Waals surface area contributed by atoms with Gasteiger partial charge in [0.05, 0.1) is 0 Å². The van der Waals surface area contributed by atoms with Gasteiger partial charge >= 0.3 is 0 Å². The van der Waals surface area contributed by atoms with Gasteiger partial charge in [-0.15, -0.1) is 0 Å². The molecule has 0 spiro atoms. The van der Waals surface area contributed by atoms with Gasteiger partial charge < -0.3 is 5.32 Å². The first-order chi connectivity index (χ1) is 7.79. The molecule has 4 heteroatoms. The minimum Gasteiger partial charge on any atom is -0.370 e. The standard InChI is InChI=1S/C12H18BrN3/c1-2-3-4-7-14-11-8-10(13)15-12(16-11)9-5-6-9/h8-9H,2-7H2,1H3,(H,14,15,16). The zero-order valence-electron chi connectivity index (χ0n) is 9.67. The summed E-state index contributed by atoms with van der Waals surface area (Å²) < 4.78 is 0.891. The normalized spacial score (nSPS) is 15.1. The maximum atomic E-state index is 4.54. The largest absolute Gasteiger partial charge is 0.370 e. The third-order valence-corrected chi connectivity index (χ3v) is 3.15. The molecule has 1 saturated carbocycles. The van der Waals surface area contributed by atoms with Gasteiger partial charge in [0.15, 0.2) is 0 Å². The Labute approximate surface area is 105 Å². The molecule has 1 heterocycles. The van der Waals surface area contributed by atoms with Crippen LogP contribution in [-0.2, 0) is 0 Å². The van der Waals surface area contributed by atoms with Gasteiger partial charge in [-0.25, -0.2) is 9.97 Å². The summed E-state index contributed by atoms with van der Waals surface area (Å²) >= 11 is 3.44. The molecule has 16 heavy (non-hydrogen) atoms. The molecule has 1 aromatic rings. The smallest absolute Gasteiger partial charge is 0.135 e. The molecule has 88 valence electrons. The van der Waals surface area contributed by atoms with E-state index in [0.717, 1.165) is 22.8 Å². The van der Waals surface area contributed by atoms with Crippen LogP contribution in [0.5, 0.6) is 0 Å². The van der Waals surface area contributed by atoms with Crippen molar-refractivity contribution in [2.75, 3.05) is 11.9 Å². The van der Waals surface area contributed by atoms with E-state index in [1.807, 2.05) is 6.07 Å². The van der Waals surface area contributed by atoms with Crippen LogP contribution in [0.1, 0.15) is 50.8 Å². The van der Waals surface area contributed by atoms with E-state index < -0.39 is 0 Å². The maximum Gasteiger partial charge on any atom is 0.135 e. The summed E-state index contributed by atoms with van der Waals surface area (Å²) in [5.41, 5.74) is 0. The number of halogens is 1. The summed E-state index contributed by atoms with van der Waals surface area (Å²) in [6.07, 6.45) is 6.21. The molecule has 0 bridgehead atoms.